The zero-order valence-electron chi connectivity index (χ0n) is 20.2. The molecular weight excluding hydrogens is 517 g/mol. The van der Waals surface area contributed by atoms with Crippen molar-refractivity contribution in [1.82, 2.24) is 9.88 Å². The first-order valence-electron chi connectivity index (χ1n) is 11.9. The first-order valence-corrected chi connectivity index (χ1v) is 12.7. The zero-order chi connectivity index (χ0) is 23.3. The predicted molar refractivity (Wildman–Crippen MR) is 153 cm³/mol. The number of ether oxygens (including phenoxy) is 2. The van der Waals surface area contributed by atoms with Crippen molar-refractivity contribution in [3.8, 4) is 5.75 Å². The summed E-state index contributed by atoms with van der Waals surface area (Å²) in [5.41, 5.74) is 2.37. The molecule has 0 amide bonds. The summed E-state index contributed by atoms with van der Waals surface area (Å²) in [5.74, 6) is 0.261. The molecular formula is C27H31Cl2N3O3S. The molecule has 6 nitrogen and oxygen atoms in total. The van der Waals surface area contributed by atoms with Crippen LogP contribution in [0.3, 0.4) is 0 Å². The van der Waals surface area contributed by atoms with E-state index in [1.165, 1.54) is 15.8 Å². The summed E-state index contributed by atoms with van der Waals surface area (Å²) in [6.45, 7) is 7.85. The zero-order valence-corrected chi connectivity index (χ0v) is 22.7. The Kier molecular flexibility index (Phi) is 10.2. The lowest BCUT2D eigenvalue weighted by atomic mass is 10.1. The molecule has 5 rings (SSSR count). The molecule has 4 aromatic rings. The van der Waals surface area contributed by atoms with Gasteiger partial charge in [-0.1, -0.05) is 18.2 Å². The van der Waals surface area contributed by atoms with Gasteiger partial charge in [0.1, 0.15) is 5.75 Å². The van der Waals surface area contributed by atoms with Crippen LogP contribution >= 0.6 is 36.2 Å². The molecule has 2 aromatic heterocycles. The number of fused-ring (bicyclic) bond motifs is 2. The van der Waals surface area contributed by atoms with E-state index in [4.69, 9.17) is 9.47 Å². The highest BCUT2D eigenvalue weighted by Gasteiger charge is 2.19. The molecule has 0 aliphatic carbocycles. The highest BCUT2D eigenvalue weighted by molar-refractivity contribution is 7.17. The number of para-hydroxylation sites is 1. The Hall–Kier alpha value is -2.58. The van der Waals surface area contributed by atoms with Gasteiger partial charge in [0.2, 0.25) is 0 Å². The lowest BCUT2D eigenvalue weighted by molar-refractivity contribution is 0.0519. The van der Waals surface area contributed by atoms with Crippen molar-refractivity contribution in [3.63, 3.8) is 0 Å². The van der Waals surface area contributed by atoms with Gasteiger partial charge in [-0.3, -0.25) is 4.90 Å². The molecule has 0 unspecified atom stereocenters. The van der Waals surface area contributed by atoms with Gasteiger partial charge in [0.05, 0.1) is 18.7 Å². The predicted octanol–water partition coefficient (Wildman–Crippen LogP) is 6.06. The first kappa shape index (κ1) is 28.0. The molecule has 0 N–H and O–H groups in total. The number of carbonyl (C=O) groups is 1. The third-order valence-corrected chi connectivity index (χ3v) is 7.11. The fourth-order valence-corrected chi connectivity index (χ4v) is 5.32. The van der Waals surface area contributed by atoms with Crippen molar-refractivity contribution in [2.75, 3.05) is 50.8 Å². The van der Waals surface area contributed by atoms with E-state index >= 15 is 0 Å². The van der Waals surface area contributed by atoms with Crippen molar-refractivity contribution in [1.29, 1.82) is 0 Å². The van der Waals surface area contributed by atoms with Gasteiger partial charge in [-0.25, -0.2) is 9.78 Å². The van der Waals surface area contributed by atoms with E-state index in [0.717, 1.165) is 50.0 Å². The summed E-state index contributed by atoms with van der Waals surface area (Å²) < 4.78 is 12.6. The number of thiophene rings is 1. The lowest BCUT2D eigenvalue weighted by Crippen LogP contribution is -2.46. The van der Waals surface area contributed by atoms with E-state index in [-0.39, 0.29) is 30.5 Å². The maximum Gasteiger partial charge on any atom is 0.357 e. The van der Waals surface area contributed by atoms with Crippen molar-refractivity contribution >= 4 is 68.8 Å². The first-order chi connectivity index (χ1) is 16.7. The van der Waals surface area contributed by atoms with E-state index < -0.39 is 5.97 Å². The Morgan fingerprint density at radius 1 is 1.00 bits per heavy atom. The van der Waals surface area contributed by atoms with Crippen LogP contribution in [0, 0.1) is 0 Å². The maximum absolute atomic E-state index is 12.2. The summed E-state index contributed by atoms with van der Waals surface area (Å²) in [4.78, 5) is 21.7. The van der Waals surface area contributed by atoms with Crippen LogP contribution in [0.25, 0.3) is 21.0 Å². The normalized spacial score (nSPS) is 13.8. The number of nitrogens with zero attached hydrogens (tertiary/aromatic N) is 3. The number of hydrogen-bond acceptors (Lipinski definition) is 7. The second-order valence-electron chi connectivity index (χ2n) is 8.38. The minimum absolute atomic E-state index is 0. The molecule has 3 heterocycles. The molecule has 1 aliphatic heterocycles. The highest BCUT2D eigenvalue weighted by atomic mass is 35.5. The van der Waals surface area contributed by atoms with E-state index in [1.807, 2.05) is 24.3 Å². The molecule has 9 heteroatoms. The molecule has 0 atom stereocenters. The second-order valence-corrected chi connectivity index (χ2v) is 9.33. The Bertz CT molecular complexity index is 1290. The molecule has 2 aromatic carbocycles. The van der Waals surface area contributed by atoms with Crippen molar-refractivity contribution < 1.29 is 14.3 Å². The molecule has 0 radical (unpaired) electrons. The number of benzene rings is 2. The number of pyridine rings is 1. The number of halogens is 2. The molecule has 0 bridgehead atoms. The van der Waals surface area contributed by atoms with Crippen LogP contribution in [-0.4, -0.2) is 61.8 Å². The highest BCUT2D eigenvalue weighted by Crippen LogP contribution is 2.31. The van der Waals surface area contributed by atoms with Gasteiger partial charge in [-0.15, -0.1) is 36.2 Å². The topological polar surface area (TPSA) is 54.9 Å². The minimum Gasteiger partial charge on any atom is -0.493 e. The van der Waals surface area contributed by atoms with Crippen LogP contribution in [0.15, 0.2) is 60.0 Å². The van der Waals surface area contributed by atoms with Crippen LogP contribution in [0.1, 0.15) is 23.8 Å². The van der Waals surface area contributed by atoms with E-state index in [1.54, 1.807) is 24.3 Å². The minimum atomic E-state index is -0.422. The number of aromatic nitrogens is 1. The Morgan fingerprint density at radius 2 is 1.81 bits per heavy atom. The molecule has 0 spiro atoms. The van der Waals surface area contributed by atoms with Crippen molar-refractivity contribution in [3.05, 3.63) is 65.7 Å². The van der Waals surface area contributed by atoms with Gasteiger partial charge in [0, 0.05) is 59.9 Å². The van der Waals surface area contributed by atoms with Gasteiger partial charge in [-0.2, -0.15) is 0 Å². The molecule has 1 saturated heterocycles. The number of piperazine rings is 1. The van der Waals surface area contributed by atoms with Gasteiger partial charge in [-0.05, 0) is 49.1 Å². The van der Waals surface area contributed by atoms with Crippen LogP contribution in [0.2, 0.25) is 0 Å². The third kappa shape index (κ3) is 6.21. The SMILES string of the molecule is CCOC(=O)c1cc(OCCCN2CCN(c3cccc4sccc34)CC2)c2ccccc2n1.Cl.Cl. The molecule has 1 aliphatic rings. The number of hydrogen-bond donors (Lipinski definition) is 0. The molecule has 192 valence electrons. The third-order valence-electron chi connectivity index (χ3n) is 6.22. The molecule has 36 heavy (non-hydrogen) atoms. The Balaban J connectivity index is 0.00000180. The van der Waals surface area contributed by atoms with Gasteiger partial charge >= 0.3 is 5.97 Å². The average Bonchev–Trinajstić information content (AvgIpc) is 3.36. The molecule has 1 fully saturated rings. The number of esters is 1. The van der Waals surface area contributed by atoms with Crippen LogP contribution in [0.4, 0.5) is 5.69 Å². The lowest BCUT2D eigenvalue weighted by Gasteiger charge is -2.36. The molecule has 0 saturated carbocycles. The van der Waals surface area contributed by atoms with E-state index in [9.17, 15) is 4.79 Å². The summed E-state index contributed by atoms with van der Waals surface area (Å²) >= 11 is 1.80. The maximum atomic E-state index is 12.2. The van der Waals surface area contributed by atoms with Gasteiger partial charge in [0.25, 0.3) is 0 Å². The Morgan fingerprint density at radius 3 is 2.61 bits per heavy atom. The fraction of sp³-hybridized carbons (Fsp3) is 0.333. The van der Waals surface area contributed by atoms with Crippen LogP contribution in [0.5, 0.6) is 5.75 Å². The van der Waals surface area contributed by atoms with Crippen LogP contribution in [-0.2, 0) is 4.74 Å². The Labute approximate surface area is 228 Å². The van der Waals surface area contributed by atoms with Gasteiger partial charge < -0.3 is 14.4 Å². The van der Waals surface area contributed by atoms with Crippen molar-refractivity contribution in [2.24, 2.45) is 0 Å². The van der Waals surface area contributed by atoms with E-state index in [0.29, 0.717) is 19.0 Å². The second kappa shape index (κ2) is 13.1. The van der Waals surface area contributed by atoms with E-state index in [2.05, 4.69) is 44.4 Å². The monoisotopic (exact) mass is 547 g/mol. The summed E-state index contributed by atoms with van der Waals surface area (Å²) in [6.07, 6.45) is 0.922. The van der Waals surface area contributed by atoms with Crippen molar-refractivity contribution in [2.45, 2.75) is 13.3 Å². The number of carbonyl (C=O) groups excluding carboxylic acids is 1. The summed E-state index contributed by atoms with van der Waals surface area (Å²) in [7, 11) is 0. The summed E-state index contributed by atoms with van der Waals surface area (Å²) in [6, 6.07) is 18.3. The van der Waals surface area contributed by atoms with Crippen LogP contribution < -0.4 is 9.64 Å². The smallest absolute Gasteiger partial charge is 0.357 e. The largest absolute Gasteiger partial charge is 0.493 e. The fourth-order valence-electron chi connectivity index (χ4n) is 4.51. The standard InChI is InChI=1S/C27H29N3O3S.2ClH/c1-2-32-27(31)23-19-25(20-7-3-4-8-22(20)28-23)33-17-6-12-29-13-15-30(16-14-29)24-9-5-10-26-21(24)11-18-34-26;;/h3-5,7-11,18-19H,2,6,12-17H2,1H3;2*1H. The quantitative estimate of drug-likeness (QED) is 0.197. The number of rotatable bonds is 8. The average molecular weight is 549 g/mol. The van der Waals surface area contributed by atoms with Gasteiger partial charge in [0.15, 0.2) is 5.69 Å². The number of anilines is 1. The summed E-state index contributed by atoms with van der Waals surface area (Å²) in [5, 5.41) is 4.44.